The number of halogens is 1. The van der Waals surface area contributed by atoms with Crippen LogP contribution in [0.25, 0.3) is 11.1 Å². The number of piperidine rings is 1. The third-order valence-electron chi connectivity index (χ3n) is 4.20. The number of nitrogen functional groups attached to an aromatic ring is 1. The van der Waals surface area contributed by atoms with Crippen LogP contribution < -0.4 is 10.6 Å². The molecular weight excluding hydrogens is 366 g/mol. The van der Waals surface area contributed by atoms with Gasteiger partial charge >= 0.3 is 0 Å². The largest absolute Gasteiger partial charge is 0.383 e. The standard InChI is InChI=1S/C18H16BrN5/c19-13-6-4-5-12(9-13)16-14(10-20)17(22)23-18(15(16)11-21)24-7-2-1-3-8-24/h4-6,9H,1-3,7-8H2,(H2,22,23). The lowest BCUT2D eigenvalue weighted by Gasteiger charge is -2.29. The highest BCUT2D eigenvalue weighted by atomic mass is 79.9. The molecule has 0 amide bonds. The Morgan fingerprint density at radius 1 is 1.08 bits per heavy atom. The van der Waals surface area contributed by atoms with Crippen molar-refractivity contribution in [3.63, 3.8) is 0 Å². The minimum absolute atomic E-state index is 0.173. The van der Waals surface area contributed by atoms with Gasteiger partial charge in [-0.1, -0.05) is 28.1 Å². The van der Waals surface area contributed by atoms with Crippen LogP contribution in [0, 0.1) is 22.7 Å². The third kappa shape index (κ3) is 2.93. The van der Waals surface area contributed by atoms with Crippen molar-refractivity contribution in [1.29, 1.82) is 10.5 Å². The maximum Gasteiger partial charge on any atom is 0.149 e. The Morgan fingerprint density at radius 2 is 1.79 bits per heavy atom. The number of anilines is 2. The average Bonchev–Trinajstić information content (AvgIpc) is 2.61. The van der Waals surface area contributed by atoms with Crippen LogP contribution in [0.4, 0.5) is 11.6 Å². The van der Waals surface area contributed by atoms with E-state index in [0.29, 0.717) is 16.9 Å². The lowest BCUT2D eigenvalue weighted by molar-refractivity contribution is 0.573. The lowest BCUT2D eigenvalue weighted by atomic mass is 9.95. The molecule has 120 valence electrons. The SMILES string of the molecule is N#Cc1c(N)nc(N2CCCCC2)c(C#N)c1-c1cccc(Br)c1. The second-order valence-electron chi connectivity index (χ2n) is 5.73. The van der Waals surface area contributed by atoms with E-state index in [4.69, 9.17) is 5.73 Å². The molecule has 24 heavy (non-hydrogen) atoms. The van der Waals surface area contributed by atoms with Gasteiger partial charge in [0.1, 0.15) is 34.9 Å². The molecule has 2 aromatic rings. The van der Waals surface area contributed by atoms with Gasteiger partial charge < -0.3 is 10.6 Å². The fourth-order valence-electron chi connectivity index (χ4n) is 3.08. The summed E-state index contributed by atoms with van der Waals surface area (Å²) in [6.07, 6.45) is 3.32. The summed E-state index contributed by atoms with van der Waals surface area (Å²) in [6, 6.07) is 11.9. The number of aromatic nitrogens is 1. The van der Waals surface area contributed by atoms with Crippen molar-refractivity contribution in [2.75, 3.05) is 23.7 Å². The third-order valence-corrected chi connectivity index (χ3v) is 4.69. The molecule has 0 bridgehead atoms. The van der Waals surface area contributed by atoms with Crippen molar-refractivity contribution in [3.8, 4) is 23.3 Å². The second-order valence-corrected chi connectivity index (χ2v) is 6.64. The first-order chi connectivity index (χ1) is 11.7. The molecule has 2 heterocycles. The Labute approximate surface area is 149 Å². The van der Waals surface area contributed by atoms with E-state index in [1.807, 2.05) is 24.3 Å². The molecule has 1 saturated heterocycles. The highest BCUT2D eigenvalue weighted by molar-refractivity contribution is 9.10. The summed E-state index contributed by atoms with van der Waals surface area (Å²) in [5, 5.41) is 19.3. The zero-order valence-electron chi connectivity index (χ0n) is 13.1. The summed E-state index contributed by atoms with van der Waals surface area (Å²) in [5.74, 6) is 0.760. The van der Waals surface area contributed by atoms with Crippen LogP contribution in [0.15, 0.2) is 28.7 Å². The van der Waals surface area contributed by atoms with E-state index in [-0.39, 0.29) is 11.4 Å². The second kappa shape index (κ2) is 6.90. The number of nitriles is 2. The Morgan fingerprint density at radius 3 is 2.42 bits per heavy atom. The molecule has 1 fully saturated rings. The fraction of sp³-hybridized carbons (Fsp3) is 0.278. The summed E-state index contributed by atoms with van der Waals surface area (Å²) in [5.41, 5.74) is 8.08. The first-order valence-corrected chi connectivity index (χ1v) is 8.59. The van der Waals surface area contributed by atoms with Crippen LogP contribution in [-0.4, -0.2) is 18.1 Å². The zero-order chi connectivity index (χ0) is 17.1. The van der Waals surface area contributed by atoms with Gasteiger partial charge in [0.05, 0.1) is 0 Å². The molecule has 0 saturated carbocycles. The molecular formula is C18H16BrN5. The lowest BCUT2D eigenvalue weighted by Crippen LogP contribution is -2.31. The van der Waals surface area contributed by atoms with Crippen molar-refractivity contribution >= 4 is 27.6 Å². The van der Waals surface area contributed by atoms with Gasteiger partial charge in [-0.2, -0.15) is 10.5 Å². The predicted octanol–water partition coefficient (Wildman–Crippen LogP) is 3.83. The Hall–Kier alpha value is -2.57. The quantitative estimate of drug-likeness (QED) is 0.853. The molecule has 0 atom stereocenters. The van der Waals surface area contributed by atoms with Crippen LogP contribution in [-0.2, 0) is 0 Å². The van der Waals surface area contributed by atoms with Crippen molar-refractivity contribution < 1.29 is 0 Å². The van der Waals surface area contributed by atoms with E-state index < -0.39 is 0 Å². The van der Waals surface area contributed by atoms with Crippen molar-refractivity contribution in [2.45, 2.75) is 19.3 Å². The molecule has 5 nitrogen and oxygen atoms in total. The molecule has 0 spiro atoms. The van der Waals surface area contributed by atoms with E-state index in [9.17, 15) is 10.5 Å². The van der Waals surface area contributed by atoms with E-state index >= 15 is 0 Å². The summed E-state index contributed by atoms with van der Waals surface area (Å²) >= 11 is 3.44. The monoisotopic (exact) mass is 381 g/mol. The average molecular weight is 382 g/mol. The van der Waals surface area contributed by atoms with Crippen molar-refractivity contribution in [3.05, 3.63) is 39.9 Å². The van der Waals surface area contributed by atoms with Gasteiger partial charge in [0.15, 0.2) is 0 Å². The molecule has 1 aromatic carbocycles. The smallest absolute Gasteiger partial charge is 0.149 e. The number of rotatable bonds is 2. The fourth-order valence-corrected chi connectivity index (χ4v) is 3.48. The maximum absolute atomic E-state index is 9.79. The number of nitrogens with zero attached hydrogens (tertiary/aromatic N) is 4. The van der Waals surface area contributed by atoms with Gasteiger partial charge in [0.2, 0.25) is 0 Å². The maximum atomic E-state index is 9.79. The number of hydrogen-bond acceptors (Lipinski definition) is 5. The van der Waals surface area contributed by atoms with Gasteiger partial charge in [-0.3, -0.25) is 0 Å². The Balaban J connectivity index is 2.28. The number of nitrogens with two attached hydrogens (primary N) is 1. The highest BCUT2D eigenvalue weighted by Crippen LogP contribution is 2.36. The molecule has 0 unspecified atom stereocenters. The molecule has 6 heteroatoms. The van der Waals surface area contributed by atoms with Crippen molar-refractivity contribution in [1.82, 2.24) is 4.98 Å². The van der Waals surface area contributed by atoms with E-state index in [0.717, 1.165) is 36.0 Å². The van der Waals surface area contributed by atoms with Crippen LogP contribution in [0.3, 0.4) is 0 Å². The minimum Gasteiger partial charge on any atom is -0.383 e. The van der Waals surface area contributed by atoms with Gasteiger partial charge in [0, 0.05) is 23.1 Å². The van der Waals surface area contributed by atoms with Crippen LogP contribution in [0.1, 0.15) is 30.4 Å². The van der Waals surface area contributed by atoms with Gasteiger partial charge in [-0.05, 0) is 37.0 Å². The molecule has 1 aliphatic rings. The molecule has 0 radical (unpaired) electrons. The Bertz CT molecular complexity index is 857. The van der Waals surface area contributed by atoms with E-state index in [2.05, 4.69) is 38.0 Å². The van der Waals surface area contributed by atoms with Gasteiger partial charge in [-0.25, -0.2) is 4.98 Å². The molecule has 0 aliphatic carbocycles. The van der Waals surface area contributed by atoms with E-state index in [1.165, 1.54) is 6.42 Å². The molecule has 2 N–H and O–H groups in total. The molecule has 1 aliphatic heterocycles. The number of pyridine rings is 1. The summed E-state index contributed by atoms with van der Waals surface area (Å²) in [6.45, 7) is 1.70. The first kappa shape index (κ1) is 16.3. The summed E-state index contributed by atoms with van der Waals surface area (Å²) < 4.78 is 0.877. The van der Waals surface area contributed by atoms with Crippen LogP contribution in [0.2, 0.25) is 0 Å². The first-order valence-electron chi connectivity index (χ1n) is 7.80. The highest BCUT2D eigenvalue weighted by Gasteiger charge is 2.24. The van der Waals surface area contributed by atoms with Crippen molar-refractivity contribution in [2.24, 2.45) is 0 Å². The normalized spacial score (nSPS) is 14.0. The Kier molecular flexibility index (Phi) is 4.69. The predicted molar refractivity (Wildman–Crippen MR) is 97.3 cm³/mol. The van der Waals surface area contributed by atoms with Crippen LogP contribution >= 0.6 is 15.9 Å². The minimum atomic E-state index is 0.173. The summed E-state index contributed by atoms with van der Waals surface area (Å²) in [7, 11) is 0. The van der Waals surface area contributed by atoms with Gasteiger partial charge in [-0.15, -0.1) is 0 Å². The van der Waals surface area contributed by atoms with E-state index in [1.54, 1.807) is 0 Å². The number of benzene rings is 1. The topological polar surface area (TPSA) is 89.7 Å². The number of hydrogen-bond donors (Lipinski definition) is 1. The van der Waals surface area contributed by atoms with Crippen LogP contribution in [0.5, 0.6) is 0 Å². The summed E-state index contributed by atoms with van der Waals surface area (Å²) in [4.78, 5) is 6.49. The molecule has 3 rings (SSSR count). The van der Waals surface area contributed by atoms with Gasteiger partial charge in [0.25, 0.3) is 0 Å². The zero-order valence-corrected chi connectivity index (χ0v) is 14.7. The molecule has 1 aromatic heterocycles.